The quantitative estimate of drug-likeness (QED) is 0.718. The largest absolute Gasteiger partial charge is 0.439 e. The summed E-state index contributed by atoms with van der Waals surface area (Å²) in [7, 11) is -1.35. The summed E-state index contributed by atoms with van der Waals surface area (Å²) in [5, 5.41) is 0. The predicted molar refractivity (Wildman–Crippen MR) is 92.3 cm³/mol. The molecule has 0 spiro atoms. The summed E-state index contributed by atoms with van der Waals surface area (Å²) in [6.07, 6.45) is 0. The van der Waals surface area contributed by atoms with Gasteiger partial charge < -0.3 is 4.74 Å². The van der Waals surface area contributed by atoms with Crippen molar-refractivity contribution in [1.29, 1.82) is 0 Å². The second-order valence-corrected chi connectivity index (χ2v) is 6.98. The molecule has 0 saturated heterocycles. The van der Waals surface area contributed by atoms with Crippen LogP contribution in [0.5, 0.6) is 11.6 Å². The van der Waals surface area contributed by atoms with E-state index in [-0.39, 0.29) is 5.82 Å². The van der Waals surface area contributed by atoms with Crippen LogP contribution < -0.4 is 9.04 Å². The van der Waals surface area contributed by atoms with Crippen molar-refractivity contribution in [1.82, 2.24) is 9.97 Å². The summed E-state index contributed by atoms with van der Waals surface area (Å²) >= 11 is 0. The molecule has 126 valence electrons. The Hall–Kier alpha value is -2.80. The van der Waals surface area contributed by atoms with Crippen LogP contribution in [0.25, 0.3) is 0 Å². The summed E-state index contributed by atoms with van der Waals surface area (Å²) in [6.45, 7) is 2.29. The molecule has 1 aliphatic rings. The molecule has 1 aromatic heterocycles. The van der Waals surface area contributed by atoms with Crippen LogP contribution in [0.15, 0.2) is 59.5 Å². The smallest absolute Gasteiger partial charge is 0.241 e. The highest BCUT2D eigenvalue weighted by molar-refractivity contribution is 7.86. The molecule has 1 aliphatic heterocycles. The van der Waals surface area contributed by atoms with E-state index in [9.17, 15) is 8.60 Å². The molecule has 5 nitrogen and oxygen atoms in total. The topological polar surface area (TPSA) is 55.3 Å². The van der Waals surface area contributed by atoms with Gasteiger partial charge in [0.05, 0.1) is 11.4 Å². The second kappa shape index (κ2) is 6.25. The first-order valence-electron chi connectivity index (χ1n) is 7.66. The van der Waals surface area contributed by atoms with Crippen LogP contribution in [0.2, 0.25) is 0 Å². The van der Waals surface area contributed by atoms with Crippen LogP contribution in [-0.4, -0.2) is 14.2 Å². The van der Waals surface area contributed by atoms with Crippen LogP contribution in [0, 0.1) is 12.7 Å². The van der Waals surface area contributed by atoms with Gasteiger partial charge in [-0.15, -0.1) is 0 Å². The fraction of sp³-hybridized carbons (Fsp3) is 0.111. The molecule has 0 saturated carbocycles. The van der Waals surface area contributed by atoms with E-state index in [4.69, 9.17) is 4.74 Å². The van der Waals surface area contributed by atoms with Gasteiger partial charge in [-0.05, 0) is 42.8 Å². The summed E-state index contributed by atoms with van der Waals surface area (Å²) in [6, 6.07) is 14.9. The van der Waals surface area contributed by atoms with E-state index in [2.05, 4.69) is 9.97 Å². The predicted octanol–water partition coefficient (Wildman–Crippen LogP) is 3.76. The van der Waals surface area contributed by atoms with Crippen molar-refractivity contribution >= 4 is 16.9 Å². The molecule has 7 heteroatoms. The number of benzene rings is 2. The Morgan fingerprint density at radius 3 is 2.64 bits per heavy atom. The van der Waals surface area contributed by atoms with Crippen LogP contribution in [0.4, 0.5) is 10.3 Å². The molecule has 2 aromatic carbocycles. The maximum atomic E-state index is 13.0. The lowest BCUT2D eigenvalue weighted by atomic mass is 10.2. The minimum absolute atomic E-state index is 0.321. The van der Waals surface area contributed by atoms with Gasteiger partial charge >= 0.3 is 0 Å². The third kappa shape index (κ3) is 3.10. The van der Waals surface area contributed by atoms with Gasteiger partial charge in [-0.25, -0.2) is 13.6 Å². The number of aromatic nitrogens is 2. The number of hydrogen-bond donors (Lipinski definition) is 0. The molecule has 0 aliphatic carbocycles. The first-order chi connectivity index (χ1) is 12.1. The maximum Gasteiger partial charge on any atom is 0.241 e. The number of nitrogens with zero attached hydrogens (tertiary/aromatic N) is 3. The monoisotopic (exact) mass is 355 g/mol. The van der Waals surface area contributed by atoms with Crippen molar-refractivity contribution in [2.24, 2.45) is 0 Å². The molecule has 25 heavy (non-hydrogen) atoms. The van der Waals surface area contributed by atoms with E-state index in [1.54, 1.807) is 10.4 Å². The molecule has 0 bridgehead atoms. The van der Waals surface area contributed by atoms with E-state index in [0.717, 1.165) is 10.5 Å². The Balaban J connectivity index is 1.64. The minimum Gasteiger partial charge on any atom is -0.439 e. The SMILES string of the molecule is Cc1cc(Oc2ccc(F)cc2)nc(N2Cc3ccccc3S2=O)n1. The van der Waals surface area contributed by atoms with Crippen molar-refractivity contribution in [2.75, 3.05) is 4.31 Å². The third-order valence-corrected chi connectivity index (χ3v) is 5.22. The van der Waals surface area contributed by atoms with Crippen molar-refractivity contribution in [3.8, 4) is 11.6 Å². The average Bonchev–Trinajstić information content (AvgIpc) is 2.94. The first kappa shape index (κ1) is 15.7. The van der Waals surface area contributed by atoms with Crippen LogP contribution >= 0.6 is 0 Å². The Morgan fingerprint density at radius 2 is 1.88 bits per heavy atom. The van der Waals surface area contributed by atoms with E-state index >= 15 is 0 Å². The normalized spacial score (nSPS) is 15.9. The highest BCUT2D eigenvalue weighted by Crippen LogP contribution is 2.31. The van der Waals surface area contributed by atoms with Crippen molar-refractivity contribution in [3.63, 3.8) is 0 Å². The fourth-order valence-electron chi connectivity index (χ4n) is 2.59. The summed E-state index contributed by atoms with van der Waals surface area (Å²) < 4.78 is 33.0. The third-order valence-electron chi connectivity index (χ3n) is 3.75. The van der Waals surface area contributed by atoms with E-state index in [1.165, 1.54) is 24.3 Å². The zero-order valence-electron chi connectivity index (χ0n) is 13.3. The van der Waals surface area contributed by atoms with E-state index < -0.39 is 11.0 Å². The van der Waals surface area contributed by atoms with Crippen molar-refractivity contribution < 1.29 is 13.3 Å². The average molecular weight is 355 g/mol. The lowest BCUT2D eigenvalue weighted by molar-refractivity contribution is 0.459. The number of aryl methyl sites for hydroxylation is 1. The second-order valence-electron chi connectivity index (χ2n) is 5.60. The Kier molecular flexibility index (Phi) is 3.93. The summed E-state index contributed by atoms with van der Waals surface area (Å²) in [5.74, 6) is 0.794. The van der Waals surface area contributed by atoms with Gasteiger partial charge in [-0.2, -0.15) is 4.98 Å². The molecule has 1 unspecified atom stereocenters. The highest BCUT2D eigenvalue weighted by atomic mass is 32.2. The standard InChI is InChI=1S/C18H14FN3O2S/c1-12-10-17(24-15-8-6-14(19)7-9-15)21-18(20-12)22-11-13-4-2-3-5-16(13)25(22)23/h2-10H,11H2,1H3. The zero-order valence-corrected chi connectivity index (χ0v) is 14.2. The number of ether oxygens (including phenoxy) is 1. The summed E-state index contributed by atoms with van der Waals surface area (Å²) in [5.41, 5.74) is 1.68. The van der Waals surface area contributed by atoms with E-state index in [1.807, 2.05) is 31.2 Å². The minimum atomic E-state index is -1.35. The lowest BCUT2D eigenvalue weighted by Gasteiger charge is -2.15. The van der Waals surface area contributed by atoms with Gasteiger partial charge in [0.2, 0.25) is 11.8 Å². The van der Waals surface area contributed by atoms with E-state index in [0.29, 0.717) is 29.8 Å². The number of anilines is 1. The molecule has 0 N–H and O–H groups in total. The number of halogens is 1. The highest BCUT2D eigenvalue weighted by Gasteiger charge is 2.29. The van der Waals surface area contributed by atoms with Gasteiger partial charge in [0.25, 0.3) is 0 Å². The van der Waals surface area contributed by atoms with Gasteiger partial charge in [-0.1, -0.05) is 18.2 Å². The van der Waals surface area contributed by atoms with Crippen molar-refractivity contribution in [3.05, 3.63) is 71.7 Å². The molecule has 1 atom stereocenters. The first-order valence-corrected chi connectivity index (χ1v) is 8.77. The Morgan fingerprint density at radius 1 is 1.12 bits per heavy atom. The van der Waals surface area contributed by atoms with Gasteiger partial charge in [0.1, 0.15) is 11.6 Å². The molecule has 0 radical (unpaired) electrons. The van der Waals surface area contributed by atoms with Gasteiger partial charge in [0.15, 0.2) is 11.0 Å². The van der Waals surface area contributed by atoms with Crippen LogP contribution in [0.1, 0.15) is 11.3 Å². The molecule has 3 aromatic rings. The lowest BCUT2D eigenvalue weighted by Crippen LogP contribution is -2.21. The molecular weight excluding hydrogens is 341 g/mol. The number of hydrogen-bond acceptors (Lipinski definition) is 4. The number of rotatable bonds is 3. The zero-order chi connectivity index (χ0) is 17.4. The van der Waals surface area contributed by atoms with Crippen molar-refractivity contribution in [2.45, 2.75) is 18.4 Å². The molecular formula is C18H14FN3O2S. The molecule has 2 heterocycles. The molecule has 4 rings (SSSR count). The Bertz CT molecular complexity index is 963. The van der Waals surface area contributed by atoms with Crippen LogP contribution in [0.3, 0.4) is 0 Å². The van der Waals surface area contributed by atoms with Crippen LogP contribution in [-0.2, 0) is 17.5 Å². The van der Waals surface area contributed by atoms with Gasteiger partial charge in [0, 0.05) is 11.8 Å². The Labute approximate surface area is 146 Å². The molecule has 0 amide bonds. The fourth-order valence-corrected chi connectivity index (χ4v) is 3.87. The maximum absolute atomic E-state index is 13.0. The molecule has 0 fully saturated rings. The number of fused-ring (bicyclic) bond motifs is 1. The van der Waals surface area contributed by atoms with Gasteiger partial charge in [-0.3, -0.25) is 4.31 Å². The summed E-state index contributed by atoms with van der Waals surface area (Å²) in [4.78, 5) is 9.53.